The summed E-state index contributed by atoms with van der Waals surface area (Å²) in [5.41, 5.74) is 5.08. The molecule has 0 unspecified atom stereocenters. The standard InChI is InChI=1S/C24H41N9O16/c25-1-16(40)26-2-17(41)28-11(5-35)20(45)30-13(7-37)22(47)32-15(9-39)24(49)33-14(8-38)23(48)31-12(6-36)21(46)29-10(4-34)19(44)27-3-18(42)43/h10-15,34-39H,1-9,25H2,(H,26,40)(H,27,44)(H,28,41)(H,29,46)(H,30,45)(H,31,48)(H,32,47)(H,33,49)(H,42,43)/t10-,11-,12-,13-,14-,15-/m0/s1. The average molecular weight is 712 g/mol. The number of aliphatic hydroxyl groups excluding tert-OH is 6. The van der Waals surface area contributed by atoms with E-state index in [0.717, 1.165) is 0 Å². The molecule has 49 heavy (non-hydrogen) atoms. The molecule has 0 aliphatic rings. The number of nitrogens with two attached hydrogens (primary N) is 1. The fourth-order valence-corrected chi connectivity index (χ4v) is 3.31. The number of aliphatic carboxylic acids is 1. The van der Waals surface area contributed by atoms with Crippen LogP contribution in [-0.4, -0.2) is 184 Å². The minimum absolute atomic E-state index is 0.428. The molecule has 17 N–H and O–H groups in total. The molecule has 0 heterocycles. The van der Waals surface area contributed by atoms with Crippen molar-refractivity contribution >= 4 is 53.2 Å². The van der Waals surface area contributed by atoms with Gasteiger partial charge in [-0.2, -0.15) is 0 Å². The predicted molar refractivity (Wildman–Crippen MR) is 157 cm³/mol. The number of carboxylic acids is 1. The second kappa shape index (κ2) is 23.3. The zero-order valence-corrected chi connectivity index (χ0v) is 25.7. The summed E-state index contributed by atoms with van der Waals surface area (Å²) in [5.74, 6) is -10.5. The first-order chi connectivity index (χ1) is 23.1. The number of amides is 8. The highest BCUT2D eigenvalue weighted by Gasteiger charge is 2.32. The van der Waals surface area contributed by atoms with E-state index in [4.69, 9.17) is 10.8 Å². The van der Waals surface area contributed by atoms with E-state index in [-0.39, 0.29) is 0 Å². The maximum Gasteiger partial charge on any atom is 0.322 e. The molecule has 0 fully saturated rings. The van der Waals surface area contributed by atoms with Crippen molar-refractivity contribution in [2.45, 2.75) is 36.3 Å². The van der Waals surface area contributed by atoms with E-state index in [1.165, 1.54) is 0 Å². The Hall–Kier alpha value is -5.05. The van der Waals surface area contributed by atoms with E-state index >= 15 is 0 Å². The Morgan fingerprint density at radius 2 is 0.694 bits per heavy atom. The van der Waals surface area contributed by atoms with Crippen LogP contribution in [0.2, 0.25) is 0 Å². The number of hydrogen-bond donors (Lipinski definition) is 16. The normalized spacial score (nSPS) is 14.3. The maximum absolute atomic E-state index is 12.7. The van der Waals surface area contributed by atoms with Crippen molar-refractivity contribution in [2.24, 2.45) is 5.73 Å². The minimum Gasteiger partial charge on any atom is -0.480 e. The number of nitrogens with one attached hydrogen (secondary N) is 8. The lowest BCUT2D eigenvalue weighted by Crippen LogP contribution is -2.62. The Bertz CT molecular complexity index is 1190. The van der Waals surface area contributed by atoms with Crippen molar-refractivity contribution in [2.75, 3.05) is 59.3 Å². The predicted octanol–water partition coefficient (Wildman–Crippen LogP) is -11.9. The van der Waals surface area contributed by atoms with Crippen molar-refractivity contribution in [3.8, 4) is 0 Å². The molecule has 8 amide bonds. The smallest absolute Gasteiger partial charge is 0.322 e. The summed E-state index contributed by atoms with van der Waals surface area (Å²) in [7, 11) is 0. The summed E-state index contributed by atoms with van der Waals surface area (Å²) < 4.78 is 0. The molecule has 278 valence electrons. The van der Waals surface area contributed by atoms with Crippen molar-refractivity contribution in [3.63, 3.8) is 0 Å². The number of carbonyl (C=O) groups is 9. The van der Waals surface area contributed by atoms with Gasteiger partial charge in [-0.1, -0.05) is 0 Å². The average Bonchev–Trinajstić information content (AvgIpc) is 3.08. The van der Waals surface area contributed by atoms with Gasteiger partial charge in [0.25, 0.3) is 0 Å². The molecule has 25 nitrogen and oxygen atoms in total. The Morgan fingerprint density at radius 1 is 0.408 bits per heavy atom. The van der Waals surface area contributed by atoms with E-state index < -0.39 is 149 Å². The van der Waals surface area contributed by atoms with Crippen LogP contribution >= 0.6 is 0 Å². The molecular weight excluding hydrogens is 670 g/mol. The van der Waals surface area contributed by atoms with Crippen LogP contribution < -0.4 is 48.3 Å². The number of rotatable bonds is 23. The first-order valence-electron chi connectivity index (χ1n) is 14.0. The summed E-state index contributed by atoms with van der Waals surface area (Å²) >= 11 is 0. The Kier molecular flexibility index (Phi) is 20.9. The molecule has 0 aromatic carbocycles. The largest absolute Gasteiger partial charge is 0.480 e. The van der Waals surface area contributed by atoms with E-state index in [2.05, 4.69) is 5.32 Å². The Balaban J connectivity index is 5.35. The van der Waals surface area contributed by atoms with E-state index in [1.54, 1.807) is 0 Å². The quantitative estimate of drug-likeness (QED) is 0.0468. The van der Waals surface area contributed by atoms with Gasteiger partial charge in [-0.05, 0) is 0 Å². The van der Waals surface area contributed by atoms with Gasteiger partial charge < -0.3 is 84.0 Å². The molecular formula is C24H41N9O16. The third-order valence-electron chi connectivity index (χ3n) is 5.96. The lowest BCUT2D eigenvalue weighted by Gasteiger charge is -2.25. The SMILES string of the molecule is NCC(=O)NCC(=O)N[C@@H](CO)C(=O)N[C@@H](CO)C(=O)N[C@@H](CO)C(=O)N[C@@H](CO)C(=O)N[C@@H](CO)C(=O)N[C@@H](CO)C(=O)NCC(=O)O. The Morgan fingerprint density at radius 3 is 0.959 bits per heavy atom. The molecule has 0 spiro atoms. The molecule has 0 saturated carbocycles. The molecule has 0 rings (SSSR count). The van der Waals surface area contributed by atoms with E-state index in [1.807, 2.05) is 37.2 Å². The van der Waals surface area contributed by atoms with E-state index in [0.29, 0.717) is 0 Å². The second-order valence-corrected chi connectivity index (χ2v) is 9.61. The third kappa shape index (κ3) is 16.1. The highest BCUT2D eigenvalue weighted by atomic mass is 16.4. The first-order valence-corrected chi connectivity index (χ1v) is 14.0. The van der Waals surface area contributed by atoms with Crippen molar-refractivity contribution in [1.29, 1.82) is 0 Å². The lowest BCUT2D eigenvalue weighted by atomic mass is 10.1. The highest BCUT2D eigenvalue weighted by Crippen LogP contribution is 1.96. The highest BCUT2D eigenvalue weighted by molar-refractivity contribution is 5.97. The lowest BCUT2D eigenvalue weighted by molar-refractivity contribution is -0.139. The van der Waals surface area contributed by atoms with Crippen LogP contribution in [0.5, 0.6) is 0 Å². The van der Waals surface area contributed by atoms with Gasteiger partial charge in [0.2, 0.25) is 47.3 Å². The summed E-state index contributed by atoms with van der Waals surface area (Å²) in [6.45, 7) is -8.37. The van der Waals surface area contributed by atoms with Gasteiger partial charge in [-0.15, -0.1) is 0 Å². The third-order valence-corrected chi connectivity index (χ3v) is 5.96. The monoisotopic (exact) mass is 711 g/mol. The molecule has 6 atom stereocenters. The summed E-state index contributed by atoms with van der Waals surface area (Å²) in [4.78, 5) is 108. The van der Waals surface area contributed by atoms with Crippen molar-refractivity contribution in [3.05, 3.63) is 0 Å². The second-order valence-electron chi connectivity index (χ2n) is 9.61. The molecule has 0 aliphatic carbocycles. The molecule has 0 saturated heterocycles. The van der Waals surface area contributed by atoms with Crippen LogP contribution in [0.1, 0.15) is 0 Å². The number of carbonyl (C=O) groups excluding carboxylic acids is 8. The molecule has 0 aromatic rings. The van der Waals surface area contributed by atoms with E-state index in [9.17, 15) is 73.8 Å². The fourth-order valence-electron chi connectivity index (χ4n) is 3.31. The summed E-state index contributed by atoms with van der Waals surface area (Å²) in [5, 5.41) is 81.6. The summed E-state index contributed by atoms with van der Waals surface area (Å²) in [6, 6.07) is -10.8. The zero-order valence-electron chi connectivity index (χ0n) is 25.7. The molecule has 0 bridgehead atoms. The zero-order chi connectivity index (χ0) is 37.7. The van der Waals surface area contributed by atoms with Gasteiger partial charge in [0.15, 0.2) is 0 Å². The van der Waals surface area contributed by atoms with Crippen LogP contribution in [0, 0.1) is 0 Å². The van der Waals surface area contributed by atoms with Crippen molar-refractivity contribution < 1.29 is 78.9 Å². The van der Waals surface area contributed by atoms with Gasteiger partial charge in [0.05, 0.1) is 52.7 Å². The minimum atomic E-state index is -1.88. The number of aliphatic hydroxyl groups is 6. The molecule has 0 aromatic heterocycles. The van der Waals surface area contributed by atoms with Crippen LogP contribution in [0.15, 0.2) is 0 Å². The summed E-state index contributed by atoms with van der Waals surface area (Å²) in [6.07, 6.45) is 0. The van der Waals surface area contributed by atoms with Gasteiger partial charge in [-0.3, -0.25) is 43.2 Å². The van der Waals surface area contributed by atoms with Gasteiger partial charge in [0, 0.05) is 0 Å². The first kappa shape index (κ1) is 43.9. The Labute approximate surface area is 276 Å². The van der Waals surface area contributed by atoms with Crippen LogP contribution in [0.3, 0.4) is 0 Å². The van der Waals surface area contributed by atoms with Gasteiger partial charge in [0.1, 0.15) is 42.8 Å². The van der Waals surface area contributed by atoms with Gasteiger partial charge >= 0.3 is 5.97 Å². The van der Waals surface area contributed by atoms with Crippen molar-refractivity contribution in [1.82, 2.24) is 42.5 Å². The fraction of sp³-hybridized carbons (Fsp3) is 0.625. The number of carboxylic acid groups (broad SMARTS) is 1. The number of hydrogen-bond acceptors (Lipinski definition) is 16. The molecule has 0 aliphatic heterocycles. The topological polar surface area (TPSA) is 417 Å². The molecule has 25 heteroatoms. The van der Waals surface area contributed by atoms with Crippen LogP contribution in [-0.2, 0) is 43.2 Å². The molecule has 0 radical (unpaired) electrons. The van der Waals surface area contributed by atoms with Gasteiger partial charge in [-0.25, -0.2) is 0 Å². The maximum atomic E-state index is 12.7. The van der Waals surface area contributed by atoms with Crippen LogP contribution in [0.4, 0.5) is 0 Å². The van der Waals surface area contributed by atoms with Crippen LogP contribution in [0.25, 0.3) is 0 Å².